The van der Waals surface area contributed by atoms with E-state index in [1.54, 1.807) is 0 Å². The van der Waals surface area contributed by atoms with Crippen molar-refractivity contribution in [3.8, 4) is 0 Å². The highest BCUT2D eigenvalue weighted by Crippen LogP contribution is 2.40. The highest BCUT2D eigenvalue weighted by molar-refractivity contribution is 4.84. The molecule has 0 spiro atoms. The SMILES string of the molecule is OCC1CN(CC2CCC(C(F)(F)F)CC2)C1. The molecule has 2 fully saturated rings. The van der Waals surface area contributed by atoms with Gasteiger partial charge in [0.25, 0.3) is 0 Å². The molecule has 1 N–H and O–H groups in total. The standard InChI is InChI=1S/C12H20F3NO/c13-12(14,15)11-3-1-9(2-4-11)5-16-6-10(7-16)8-17/h9-11,17H,1-8H2. The highest BCUT2D eigenvalue weighted by Gasteiger charge is 2.41. The maximum absolute atomic E-state index is 12.5. The molecule has 0 aromatic carbocycles. The molecule has 1 saturated heterocycles. The Morgan fingerprint density at radius 2 is 1.59 bits per heavy atom. The molecule has 0 radical (unpaired) electrons. The quantitative estimate of drug-likeness (QED) is 0.832. The predicted molar refractivity (Wildman–Crippen MR) is 58.5 cm³/mol. The second kappa shape index (κ2) is 5.14. The van der Waals surface area contributed by atoms with Crippen LogP contribution >= 0.6 is 0 Å². The van der Waals surface area contributed by atoms with Crippen LogP contribution in [0.25, 0.3) is 0 Å². The van der Waals surface area contributed by atoms with Gasteiger partial charge in [-0.3, -0.25) is 0 Å². The normalized spacial score (nSPS) is 32.5. The minimum absolute atomic E-state index is 0.233. The first-order chi connectivity index (χ1) is 7.99. The monoisotopic (exact) mass is 251 g/mol. The zero-order valence-corrected chi connectivity index (χ0v) is 9.92. The Labute approximate surface area is 99.8 Å². The van der Waals surface area contributed by atoms with Crippen LogP contribution < -0.4 is 0 Å². The molecular formula is C12H20F3NO. The fraction of sp³-hybridized carbons (Fsp3) is 1.00. The van der Waals surface area contributed by atoms with Crippen molar-refractivity contribution >= 4 is 0 Å². The number of halogens is 3. The molecule has 5 heteroatoms. The molecule has 2 nitrogen and oxygen atoms in total. The average Bonchev–Trinajstić information content (AvgIpc) is 2.22. The fourth-order valence-corrected chi connectivity index (χ4v) is 2.98. The molecule has 1 aliphatic carbocycles. The predicted octanol–water partition coefficient (Wildman–Crippen LogP) is 2.28. The van der Waals surface area contributed by atoms with E-state index in [0.29, 0.717) is 37.5 Å². The maximum atomic E-state index is 12.5. The number of likely N-dealkylation sites (tertiary alicyclic amines) is 1. The van der Waals surface area contributed by atoms with E-state index in [0.717, 1.165) is 19.6 Å². The van der Waals surface area contributed by atoms with E-state index in [1.165, 1.54) is 0 Å². The molecule has 17 heavy (non-hydrogen) atoms. The van der Waals surface area contributed by atoms with Crippen molar-refractivity contribution in [1.82, 2.24) is 4.90 Å². The lowest BCUT2D eigenvalue weighted by atomic mass is 9.81. The fourth-order valence-electron chi connectivity index (χ4n) is 2.98. The van der Waals surface area contributed by atoms with Crippen LogP contribution in [-0.2, 0) is 0 Å². The Bertz CT molecular complexity index is 243. The first kappa shape index (κ1) is 13.1. The Morgan fingerprint density at radius 3 is 2.06 bits per heavy atom. The minimum Gasteiger partial charge on any atom is -0.396 e. The van der Waals surface area contributed by atoms with Gasteiger partial charge in [-0.2, -0.15) is 13.2 Å². The van der Waals surface area contributed by atoms with Crippen LogP contribution in [0, 0.1) is 17.8 Å². The lowest BCUT2D eigenvalue weighted by Gasteiger charge is -2.41. The molecule has 1 saturated carbocycles. The summed E-state index contributed by atoms with van der Waals surface area (Å²) in [6.07, 6.45) is -2.00. The molecule has 0 unspecified atom stereocenters. The summed E-state index contributed by atoms with van der Waals surface area (Å²) in [7, 11) is 0. The number of aliphatic hydroxyl groups is 1. The van der Waals surface area contributed by atoms with E-state index in [2.05, 4.69) is 4.90 Å². The molecule has 0 amide bonds. The molecular weight excluding hydrogens is 231 g/mol. The number of rotatable bonds is 3. The summed E-state index contributed by atoms with van der Waals surface area (Å²) in [4.78, 5) is 2.25. The number of aliphatic hydroxyl groups excluding tert-OH is 1. The van der Waals surface area contributed by atoms with Crippen LogP contribution in [0.1, 0.15) is 25.7 Å². The van der Waals surface area contributed by atoms with E-state index in [1.807, 2.05) is 0 Å². The summed E-state index contributed by atoms with van der Waals surface area (Å²) in [5, 5.41) is 8.88. The third-order valence-electron chi connectivity index (χ3n) is 4.12. The molecule has 2 aliphatic rings. The van der Waals surface area contributed by atoms with Crippen molar-refractivity contribution in [2.75, 3.05) is 26.2 Å². The van der Waals surface area contributed by atoms with Crippen molar-refractivity contribution < 1.29 is 18.3 Å². The van der Waals surface area contributed by atoms with Gasteiger partial charge in [-0.15, -0.1) is 0 Å². The summed E-state index contributed by atoms with van der Waals surface area (Å²) in [6.45, 7) is 2.98. The van der Waals surface area contributed by atoms with Gasteiger partial charge in [0.2, 0.25) is 0 Å². The molecule has 1 heterocycles. The van der Waals surface area contributed by atoms with Crippen LogP contribution in [-0.4, -0.2) is 42.4 Å². The van der Waals surface area contributed by atoms with Crippen molar-refractivity contribution in [2.24, 2.45) is 17.8 Å². The van der Waals surface area contributed by atoms with E-state index in [9.17, 15) is 13.2 Å². The van der Waals surface area contributed by atoms with E-state index in [-0.39, 0.29) is 6.61 Å². The summed E-state index contributed by atoms with van der Waals surface area (Å²) in [5.74, 6) is -0.255. The van der Waals surface area contributed by atoms with Gasteiger partial charge in [0, 0.05) is 32.2 Å². The molecule has 0 aromatic heterocycles. The van der Waals surface area contributed by atoms with Gasteiger partial charge in [0.05, 0.1) is 5.92 Å². The summed E-state index contributed by atoms with van der Waals surface area (Å²) < 4.78 is 37.4. The second-order valence-electron chi connectivity index (χ2n) is 5.53. The van der Waals surface area contributed by atoms with Gasteiger partial charge in [-0.25, -0.2) is 0 Å². The molecule has 0 aromatic rings. The first-order valence-corrected chi connectivity index (χ1v) is 6.39. The van der Waals surface area contributed by atoms with Crippen LogP contribution in [0.15, 0.2) is 0 Å². The summed E-state index contributed by atoms with van der Waals surface area (Å²) >= 11 is 0. The van der Waals surface area contributed by atoms with Crippen LogP contribution in [0.5, 0.6) is 0 Å². The Kier molecular flexibility index (Phi) is 3.98. The topological polar surface area (TPSA) is 23.5 Å². The smallest absolute Gasteiger partial charge is 0.391 e. The van der Waals surface area contributed by atoms with E-state index >= 15 is 0 Å². The van der Waals surface area contributed by atoms with Crippen molar-refractivity contribution in [2.45, 2.75) is 31.9 Å². The third kappa shape index (κ3) is 3.35. The largest absolute Gasteiger partial charge is 0.396 e. The van der Waals surface area contributed by atoms with Gasteiger partial charge < -0.3 is 10.0 Å². The Morgan fingerprint density at radius 1 is 1.00 bits per heavy atom. The van der Waals surface area contributed by atoms with Crippen LogP contribution in [0.3, 0.4) is 0 Å². The van der Waals surface area contributed by atoms with Crippen LogP contribution in [0.2, 0.25) is 0 Å². The number of hydrogen-bond acceptors (Lipinski definition) is 2. The number of hydrogen-bond donors (Lipinski definition) is 1. The summed E-state index contributed by atoms with van der Waals surface area (Å²) in [5.41, 5.74) is 0. The first-order valence-electron chi connectivity index (χ1n) is 6.39. The zero-order chi connectivity index (χ0) is 12.5. The molecule has 2 rings (SSSR count). The summed E-state index contributed by atoms with van der Waals surface area (Å²) in [6, 6.07) is 0. The average molecular weight is 251 g/mol. The van der Waals surface area contributed by atoms with Gasteiger partial charge in [-0.1, -0.05) is 0 Å². The Balaban J connectivity index is 1.66. The minimum atomic E-state index is -4.00. The number of nitrogens with zero attached hydrogens (tertiary/aromatic N) is 1. The third-order valence-corrected chi connectivity index (χ3v) is 4.12. The second-order valence-corrected chi connectivity index (χ2v) is 5.53. The molecule has 1 aliphatic heterocycles. The molecule has 100 valence electrons. The highest BCUT2D eigenvalue weighted by atomic mass is 19.4. The van der Waals surface area contributed by atoms with Gasteiger partial charge >= 0.3 is 6.18 Å². The van der Waals surface area contributed by atoms with Gasteiger partial charge in [-0.05, 0) is 31.6 Å². The van der Waals surface area contributed by atoms with Crippen molar-refractivity contribution in [3.05, 3.63) is 0 Å². The lowest BCUT2D eigenvalue weighted by Crippen LogP contribution is -2.50. The van der Waals surface area contributed by atoms with Gasteiger partial charge in [0.15, 0.2) is 0 Å². The Hall–Kier alpha value is -0.290. The maximum Gasteiger partial charge on any atom is 0.391 e. The van der Waals surface area contributed by atoms with Gasteiger partial charge in [0.1, 0.15) is 0 Å². The zero-order valence-electron chi connectivity index (χ0n) is 9.92. The van der Waals surface area contributed by atoms with Crippen LogP contribution in [0.4, 0.5) is 13.2 Å². The number of alkyl halides is 3. The molecule has 0 bridgehead atoms. The van der Waals surface area contributed by atoms with Crippen molar-refractivity contribution in [3.63, 3.8) is 0 Å². The van der Waals surface area contributed by atoms with Crippen molar-refractivity contribution in [1.29, 1.82) is 0 Å². The lowest BCUT2D eigenvalue weighted by molar-refractivity contribution is -0.184. The van der Waals surface area contributed by atoms with E-state index < -0.39 is 12.1 Å². The van der Waals surface area contributed by atoms with E-state index in [4.69, 9.17) is 5.11 Å². The molecule has 0 atom stereocenters.